The van der Waals surface area contributed by atoms with Crippen LogP contribution in [-0.4, -0.2) is 25.2 Å². The van der Waals surface area contributed by atoms with Gasteiger partial charge in [-0.05, 0) is 42.0 Å². The van der Waals surface area contributed by atoms with Gasteiger partial charge in [0.05, 0.1) is 28.8 Å². The number of nitrogens with one attached hydrogen (secondary N) is 1. The number of rotatable bonds is 6. The Hall–Kier alpha value is -3.30. The topological polar surface area (TPSA) is 110 Å². The molecule has 1 aromatic carbocycles. The van der Waals surface area contributed by atoms with E-state index < -0.39 is 10.0 Å². The summed E-state index contributed by atoms with van der Waals surface area (Å²) >= 11 is 0. The Morgan fingerprint density at radius 1 is 1.00 bits per heavy atom. The Labute approximate surface area is 167 Å². The Kier molecular flexibility index (Phi) is 4.99. The normalized spacial score (nSPS) is 14.6. The van der Waals surface area contributed by atoms with Gasteiger partial charge in [0.1, 0.15) is 0 Å². The lowest BCUT2D eigenvalue weighted by molar-refractivity contribution is -0.121. The van der Waals surface area contributed by atoms with Gasteiger partial charge in [-0.25, -0.2) is 13.1 Å². The van der Waals surface area contributed by atoms with Gasteiger partial charge >= 0.3 is 0 Å². The highest BCUT2D eigenvalue weighted by atomic mass is 32.2. The Balaban J connectivity index is 1.43. The zero-order valence-electron chi connectivity index (χ0n) is 15.2. The molecule has 8 nitrogen and oxygen atoms in total. The van der Waals surface area contributed by atoms with Crippen LogP contribution in [0.4, 0.5) is 5.69 Å². The van der Waals surface area contributed by atoms with Gasteiger partial charge in [0.2, 0.25) is 21.8 Å². The zero-order chi connectivity index (χ0) is 20.4. The molecular formula is C20H17N3O5S. The minimum absolute atomic E-state index is 0.0447. The monoisotopic (exact) mass is 411 g/mol. The van der Waals surface area contributed by atoms with E-state index in [2.05, 4.69) is 9.71 Å². The summed E-state index contributed by atoms with van der Waals surface area (Å²) < 4.78 is 32.6. The van der Waals surface area contributed by atoms with Gasteiger partial charge in [-0.2, -0.15) is 0 Å². The number of amides is 2. The van der Waals surface area contributed by atoms with Gasteiger partial charge in [0.15, 0.2) is 0 Å². The third-order valence-corrected chi connectivity index (χ3v) is 5.98. The second-order valence-corrected chi connectivity index (χ2v) is 8.27. The third-order valence-electron chi connectivity index (χ3n) is 4.56. The molecule has 1 fully saturated rings. The average molecular weight is 411 g/mol. The summed E-state index contributed by atoms with van der Waals surface area (Å²) in [4.78, 5) is 29.0. The van der Waals surface area contributed by atoms with E-state index in [0.717, 1.165) is 16.2 Å². The molecule has 148 valence electrons. The second kappa shape index (κ2) is 7.61. The van der Waals surface area contributed by atoms with Crippen molar-refractivity contribution in [3.8, 4) is 11.3 Å². The summed E-state index contributed by atoms with van der Waals surface area (Å²) in [6.45, 7) is 0.0752. The number of carbonyl (C=O) groups is 2. The molecule has 0 bridgehead atoms. The first-order chi connectivity index (χ1) is 13.9. The van der Waals surface area contributed by atoms with Gasteiger partial charge in [-0.1, -0.05) is 6.07 Å². The predicted octanol–water partition coefficient (Wildman–Crippen LogP) is 2.47. The summed E-state index contributed by atoms with van der Waals surface area (Å²) in [5, 5.41) is 0. The summed E-state index contributed by atoms with van der Waals surface area (Å²) in [5.74, 6) is -0.565. The van der Waals surface area contributed by atoms with E-state index in [-0.39, 0.29) is 36.1 Å². The van der Waals surface area contributed by atoms with Crippen molar-refractivity contribution in [3.05, 3.63) is 66.8 Å². The lowest BCUT2D eigenvalue weighted by Crippen LogP contribution is -2.28. The molecule has 29 heavy (non-hydrogen) atoms. The molecule has 1 aliphatic rings. The number of pyridine rings is 1. The van der Waals surface area contributed by atoms with E-state index in [1.165, 1.54) is 24.3 Å². The van der Waals surface area contributed by atoms with Crippen LogP contribution in [0.25, 0.3) is 11.3 Å². The van der Waals surface area contributed by atoms with Crippen molar-refractivity contribution in [2.24, 2.45) is 0 Å². The Morgan fingerprint density at radius 2 is 1.72 bits per heavy atom. The van der Waals surface area contributed by atoms with Crippen LogP contribution in [-0.2, 0) is 26.2 Å². The molecule has 4 rings (SSSR count). The fraction of sp³-hybridized carbons (Fsp3) is 0.150. The molecule has 1 aliphatic heterocycles. The third kappa shape index (κ3) is 3.96. The molecule has 0 radical (unpaired) electrons. The van der Waals surface area contributed by atoms with Gasteiger partial charge < -0.3 is 4.42 Å². The molecule has 0 atom stereocenters. The number of hydrogen-bond donors (Lipinski definition) is 1. The molecule has 0 aliphatic carbocycles. The largest absolute Gasteiger partial charge is 0.472 e. The smallest absolute Gasteiger partial charge is 0.240 e. The fourth-order valence-corrected chi connectivity index (χ4v) is 4.03. The van der Waals surface area contributed by atoms with Crippen LogP contribution in [0, 0.1) is 0 Å². The van der Waals surface area contributed by atoms with Gasteiger partial charge in [0, 0.05) is 31.1 Å². The average Bonchev–Trinajstić information content (AvgIpc) is 3.37. The van der Waals surface area contributed by atoms with Crippen molar-refractivity contribution in [2.45, 2.75) is 24.3 Å². The Bertz CT molecular complexity index is 1120. The van der Waals surface area contributed by atoms with E-state index >= 15 is 0 Å². The molecule has 9 heteroatoms. The van der Waals surface area contributed by atoms with E-state index in [1.807, 2.05) is 0 Å². The zero-order valence-corrected chi connectivity index (χ0v) is 16.1. The molecule has 1 saturated heterocycles. The maximum atomic E-state index is 12.5. The van der Waals surface area contributed by atoms with E-state index in [9.17, 15) is 18.0 Å². The fourth-order valence-electron chi connectivity index (χ4n) is 3.01. The van der Waals surface area contributed by atoms with E-state index in [1.54, 1.807) is 36.9 Å². The van der Waals surface area contributed by atoms with Crippen LogP contribution in [0.1, 0.15) is 18.4 Å². The van der Waals surface area contributed by atoms with E-state index in [4.69, 9.17) is 4.42 Å². The first-order valence-electron chi connectivity index (χ1n) is 8.87. The molecule has 2 amide bonds. The lowest BCUT2D eigenvalue weighted by atomic mass is 10.2. The number of anilines is 1. The SMILES string of the molecule is O=C1CCC(=O)N1c1ccc(S(=O)(=O)NCc2ccc(-c3ccoc3)nc2)cc1. The number of furan rings is 1. The predicted molar refractivity (Wildman–Crippen MR) is 104 cm³/mol. The van der Waals surface area contributed by atoms with Gasteiger partial charge in [-0.3, -0.25) is 19.5 Å². The van der Waals surface area contributed by atoms with Crippen molar-refractivity contribution in [1.29, 1.82) is 0 Å². The molecule has 0 saturated carbocycles. The Morgan fingerprint density at radius 3 is 2.31 bits per heavy atom. The number of benzene rings is 1. The minimum atomic E-state index is -3.76. The quantitative estimate of drug-likeness (QED) is 0.624. The second-order valence-electron chi connectivity index (χ2n) is 6.51. The molecule has 2 aromatic heterocycles. The summed E-state index contributed by atoms with van der Waals surface area (Å²) in [5.41, 5.74) is 2.64. The highest BCUT2D eigenvalue weighted by molar-refractivity contribution is 7.89. The molecule has 3 aromatic rings. The lowest BCUT2D eigenvalue weighted by Gasteiger charge is -2.14. The van der Waals surface area contributed by atoms with E-state index in [0.29, 0.717) is 11.3 Å². The summed E-state index contributed by atoms with van der Waals surface area (Å²) in [6, 6.07) is 11.0. The van der Waals surface area contributed by atoms with Crippen LogP contribution in [0.5, 0.6) is 0 Å². The molecular weight excluding hydrogens is 394 g/mol. The van der Waals surface area contributed by atoms with Gasteiger partial charge in [-0.15, -0.1) is 0 Å². The molecule has 0 unspecified atom stereocenters. The highest BCUT2D eigenvalue weighted by Gasteiger charge is 2.30. The standard InChI is InChI=1S/C20H17N3O5S/c24-19-7-8-20(25)23(19)16-2-4-17(5-3-16)29(26,27)22-12-14-1-6-18(21-11-14)15-9-10-28-13-15/h1-6,9-11,13,22H,7-8,12H2. The van der Waals surface area contributed by atoms with Crippen molar-refractivity contribution < 1.29 is 22.4 Å². The van der Waals surface area contributed by atoms with Crippen molar-refractivity contribution in [1.82, 2.24) is 9.71 Å². The maximum absolute atomic E-state index is 12.5. The first-order valence-corrected chi connectivity index (χ1v) is 10.4. The summed E-state index contributed by atoms with van der Waals surface area (Å²) in [7, 11) is -3.76. The molecule has 3 heterocycles. The van der Waals surface area contributed by atoms with Crippen LogP contribution in [0.3, 0.4) is 0 Å². The van der Waals surface area contributed by atoms with Crippen LogP contribution < -0.4 is 9.62 Å². The van der Waals surface area contributed by atoms with Crippen LogP contribution in [0.15, 0.2) is 70.5 Å². The summed E-state index contributed by atoms with van der Waals surface area (Å²) in [6.07, 6.45) is 5.08. The molecule has 0 spiro atoms. The maximum Gasteiger partial charge on any atom is 0.240 e. The van der Waals surface area contributed by atoms with Crippen molar-refractivity contribution in [2.75, 3.05) is 4.90 Å². The number of hydrogen-bond acceptors (Lipinski definition) is 6. The van der Waals surface area contributed by atoms with Gasteiger partial charge in [0.25, 0.3) is 0 Å². The number of nitrogens with zero attached hydrogens (tertiary/aromatic N) is 2. The number of imide groups is 1. The number of aromatic nitrogens is 1. The molecule has 1 N–H and O–H groups in total. The van der Waals surface area contributed by atoms with Crippen LogP contribution >= 0.6 is 0 Å². The van der Waals surface area contributed by atoms with Crippen LogP contribution in [0.2, 0.25) is 0 Å². The minimum Gasteiger partial charge on any atom is -0.472 e. The highest BCUT2D eigenvalue weighted by Crippen LogP contribution is 2.24. The van der Waals surface area contributed by atoms with Crippen molar-refractivity contribution in [3.63, 3.8) is 0 Å². The first kappa shape index (κ1) is 19.0. The number of sulfonamides is 1. The number of carbonyl (C=O) groups excluding carboxylic acids is 2. The van der Waals surface area contributed by atoms with Crippen molar-refractivity contribution >= 4 is 27.5 Å².